The highest BCUT2D eigenvalue weighted by Crippen LogP contribution is 2.63. The Bertz CT molecular complexity index is 2320. The minimum Gasteiger partial charge on any atom is -0.248 e. The van der Waals surface area contributed by atoms with Crippen LogP contribution in [0.2, 0.25) is 0 Å². The van der Waals surface area contributed by atoms with Gasteiger partial charge in [0.05, 0.1) is 17.0 Å². The Morgan fingerprint density at radius 2 is 0.742 bits per heavy atom. The van der Waals surface area contributed by atoms with Crippen molar-refractivity contribution in [3.05, 3.63) is 125 Å². The van der Waals surface area contributed by atoms with Gasteiger partial charge >= 0.3 is 6.18 Å². The fourth-order valence-corrected chi connectivity index (χ4v) is 14.9. The molecule has 1 aromatic heterocycles. The molecule has 0 amide bonds. The summed E-state index contributed by atoms with van der Waals surface area (Å²) in [5, 5.41) is 0. The number of halogens is 3. The van der Waals surface area contributed by atoms with Crippen molar-refractivity contribution in [2.45, 2.75) is 146 Å². The minimum atomic E-state index is -4.55. The van der Waals surface area contributed by atoms with E-state index in [1.165, 1.54) is 111 Å². The van der Waals surface area contributed by atoms with Gasteiger partial charge in [0, 0.05) is 11.1 Å². The molecule has 8 bridgehead atoms. The van der Waals surface area contributed by atoms with Crippen LogP contribution in [-0.2, 0) is 27.8 Å². The van der Waals surface area contributed by atoms with E-state index in [0.29, 0.717) is 11.4 Å². The SMILES string of the molecule is CC(C)(C)c1cc(-c2ccccc2-c2cc(C(F)(F)F)cc(-c3ccccc3-c3cc(C(C)(C)C)cc(C45CC6CC(CC(C6)C4)C5)c3)n2)cc(C23CC4CC(CC(C4)C2)C3)c1. The number of benzene rings is 4. The van der Waals surface area contributed by atoms with Crippen LogP contribution in [0, 0.1) is 35.5 Å². The van der Waals surface area contributed by atoms with Gasteiger partial charge in [0.15, 0.2) is 0 Å². The van der Waals surface area contributed by atoms with Crippen LogP contribution in [0.5, 0.6) is 0 Å². The molecule has 0 N–H and O–H groups in total. The molecule has 4 heteroatoms. The van der Waals surface area contributed by atoms with Crippen LogP contribution < -0.4 is 0 Å². The van der Waals surface area contributed by atoms with Crippen molar-refractivity contribution < 1.29 is 13.2 Å². The summed E-state index contributed by atoms with van der Waals surface area (Å²) in [6.07, 6.45) is 11.3. The molecule has 0 atom stereocenters. The van der Waals surface area contributed by atoms with E-state index in [1.807, 2.05) is 36.4 Å². The Labute approximate surface area is 368 Å². The molecule has 5 aromatic rings. The van der Waals surface area contributed by atoms with Crippen LogP contribution in [0.25, 0.3) is 44.8 Å². The number of nitrogens with zero attached hydrogens (tertiary/aromatic N) is 1. The molecule has 1 heterocycles. The molecule has 8 aliphatic carbocycles. The molecule has 0 unspecified atom stereocenters. The predicted molar refractivity (Wildman–Crippen MR) is 248 cm³/mol. The molecule has 8 fully saturated rings. The van der Waals surface area contributed by atoms with E-state index < -0.39 is 11.7 Å². The van der Waals surface area contributed by atoms with Gasteiger partial charge in [0.1, 0.15) is 0 Å². The fourth-order valence-electron chi connectivity index (χ4n) is 14.9. The van der Waals surface area contributed by atoms with Gasteiger partial charge in [0.25, 0.3) is 0 Å². The Kier molecular flexibility index (Phi) is 9.27. The van der Waals surface area contributed by atoms with E-state index in [4.69, 9.17) is 4.98 Å². The van der Waals surface area contributed by atoms with Crippen molar-refractivity contribution in [1.82, 2.24) is 4.98 Å². The molecule has 4 aromatic carbocycles. The number of hydrogen-bond donors (Lipinski definition) is 0. The highest BCUT2D eigenvalue weighted by atomic mass is 19.4. The van der Waals surface area contributed by atoms with Crippen molar-refractivity contribution in [2.24, 2.45) is 35.5 Å². The Balaban J connectivity index is 1.05. The van der Waals surface area contributed by atoms with Gasteiger partial charge in [-0.25, -0.2) is 4.98 Å². The number of hydrogen-bond acceptors (Lipinski definition) is 1. The van der Waals surface area contributed by atoms with E-state index >= 15 is 13.2 Å². The number of aromatic nitrogens is 1. The van der Waals surface area contributed by atoms with E-state index in [0.717, 1.165) is 68.9 Å². The maximum absolute atomic E-state index is 15.2. The first-order valence-electron chi connectivity index (χ1n) is 24.0. The van der Waals surface area contributed by atoms with Crippen LogP contribution in [0.1, 0.15) is 146 Å². The van der Waals surface area contributed by atoms with Gasteiger partial charge in [-0.15, -0.1) is 0 Å². The third-order valence-electron chi connectivity index (χ3n) is 17.1. The minimum absolute atomic E-state index is 0.0901. The summed E-state index contributed by atoms with van der Waals surface area (Å²) in [6, 6.07) is 33.1. The summed E-state index contributed by atoms with van der Waals surface area (Å²) in [7, 11) is 0. The molecule has 1 nitrogen and oxygen atoms in total. The molecule has 322 valence electrons. The van der Waals surface area contributed by atoms with Gasteiger partial charge in [0.2, 0.25) is 0 Å². The lowest BCUT2D eigenvalue weighted by atomic mass is 9.48. The molecule has 0 spiro atoms. The quantitative estimate of drug-likeness (QED) is 0.166. The highest BCUT2D eigenvalue weighted by molar-refractivity contribution is 5.87. The van der Waals surface area contributed by atoms with Crippen LogP contribution >= 0.6 is 0 Å². The molecule has 0 aliphatic heterocycles. The molecular formula is C58H64F3N. The van der Waals surface area contributed by atoms with Gasteiger partial charge in [-0.3, -0.25) is 0 Å². The Morgan fingerprint density at radius 1 is 0.419 bits per heavy atom. The molecular weight excluding hydrogens is 768 g/mol. The van der Waals surface area contributed by atoms with Gasteiger partial charge in [-0.1, -0.05) is 126 Å². The summed E-state index contributed by atoms with van der Waals surface area (Å²) in [5.41, 5.74) is 11.2. The normalized spacial score (nSPS) is 30.0. The van der Waals surface area contributed by atoms with Crippen molar-refractivity contribution in [1.29, 1.82) is 0 Å². The lowest BCUT2D eigenvalue weighted by Gasteiger charge is -2.57. The maximum Gasteiger partial charge on any atom is 0.416 e. The topological polar surface area (TPSA) is 12.9 Å². The van der Waals surface area contributed by atoms with Crippen LogP contribution in [0.15, 0.2) is 97.1 Å². The first-order valence-corrected chi connectivity index (χ1v) is 24.0. The van der Waals surface area contributed by atoms with Crippen LogP contribution in [0.4, 0.5) is 13.2 Å². The van der Waals surface area contributed by atoms with Gasteiger partial charge < -0.3 is 0 Å². The van der Waals surface area contributed by atoms with Crippen LogP contribution in [0.3, 0.4) is 0 Å². The second-order valence-electron chi connectivity index (χ2n) is 23.7. The molecule has 62 heavy (non-hydrogen) atoms. The van der Waals surface area contributed by atoms with E-state index in [9.17, 15) is 0 Å². The number of rotatable bonds is 6. The van der Waals surface area contributed by atoms with E-state index in [2.05, 4.69) is 90.1 Å². The third-order valence-corrected chi connectivity index (χ3v) is 17.1. The van der Waals surface area contributed by atoms with Crippen molar-refractivity contribution in [3.63, 3.8) is 0 Å². The summed E-state index contributed by atoms with van der Waals surface area (Å²) >= 11 is 0. The molecule has 8 saturated carbocycles. The zero-order valence-electron chi connectivity index (χ0n) is 37.8. The standard InChI is InChI=1S/C58H64F3N/c1-54(2,3)43-21-41(23-45(25-43)56-29-35-15-36(30-56)17-37(16-35)31-56)48-11-7-9-13-50(48)52-27-47(58(59,60)61)28-53(62-52)51-14-10-8-12-49(51)42-22-44(55(4,5)6)26-46(24-42)57-32-38-18-39(33-57)20-40(19-38)34-57/h7-14,21-28,35-40H,15-20,29-34H2,1-6H3. The van der Waals surface area contributed by atoms with Crippen LogP contribution in [-0.4, -0.2) is 4.98 Å². The summed E-state index contributed by atoms with van der Waals surface area (Å²) in [5.74, 6) is 4.86. The average molecular weight is 832 g/mol. The monoisotopic (exact) mass is 831 g/mol. The fraction of sp³-hybridized carbons (Fsp3) is 0.500. The number of pyridine rings is 1. The van der Waals surface area contributed by atoms with Crippen molar-refractivity contribution in [3.8, 4) is 44.8 Å². The molecule has 13 rings (SSSR count). The summed E-state index contributed by atoms with van der Waals surface area (Å²) < 4.78 is 45.6. The lowest BCUT2D eigenvalue weighted by Crippen LogP contribution is -2.48. The van der Waals surface area contributed by atoms with Crippen molar-refractivity contribution >= 4 is 0 Å². The molecule has 0 saturated heterocycles. The molecule has 8 aliphatic rings. The lowest BCUT2D eigenvalue weighted by molar-refractivity contribution is -0.137. The van der Waals surface area contributed by atoms with Gasteiger partial charge in [-0.2, -0.15) is 13.2 Å². The zero-order chi connectivity index (χ0) is 43.0. The summed E-state index contributed by atoms with van der Waals surface area (Å²) in [6.45, 7) is 13.7. The average Bonchev–Trinajstić information content (AvgIpc) is 3.21. The van der Waals surface area contributed by atoms with E-state index in [1.54, 1.807) is 0 Å². The second kappa shape index (κ2) is 14.2. The Morgan fingerprint density at radius 3 is 1.05 bits per heavy atom. The predicted octanol–water partition coefficient (Wildman–Crippen LogP) is 16.3. The first-order chi connectivity index (χ1) is 29.4. The molecule has 0 radical (unpaired) electrons. The second-order valence-corrected chi connectivity index (χ2v) is 23.7. The Hall–Kier alpha value is -4.18. The first kappa shape index (κ1) is 40.6. The smallest absolute Gasteiger partial charge is 0.248 e. The zero-order valence-corrected chi connectivity index (χ0v) is 37.8. The maximum atomic E-state index is 15.2. The largest absolute Gasteiger partial charge is 0.416 e. The van der Waals surface area contributed by atoms with Crippen molar-refractivity contribution in [2.75, 3.05) is 0 Å². The summed E-state index contributed by atoms with van der Waals surface area (Å²) in [4.78, 5) is 5.26. The number of alkyl halides is 3. The highest BCUT2D eigenvalue weighted by Gasteiger charge is 2.53. The van der Waals surface area contributed by atoms with Gasteiger partial charge in [-0.05, 0) is 191 Å². The van der Waals surface area contributed by atoms with E-state index in [-0.39, 0.29) is 21.7 Å². The third kappa shape index (κ3) is 7.09.